The maximum Gasteiger partial charge on any atom is 0.261 e. The molecule has 4 aromatic rings. The number of imide groups is 1. The molecule has 150 valence electrons. The highest BCUT2D eigenvalue weighted by Crippen LogP contribution is 2.29. The van der Waals surface area contributed by atoms with E-state index >= 15 is 0 Å². The first kappa shape index (κ1) is 18.6. The Bertz CT molecular complexity index is 1300. The number of fused-ring (bicyclic) bond motifs is 4. The quantitative estimate of drug-likeness (QED) is 0.364. The average molecular weight is 418 g/mol. The number of aryl methyl sites for hydroxylation is 1. The van der Waals surface area contributed by atoms with Crippen LogP contribution in [0, 0.1) is 6.92 Å². The minimum atomic E-state index is -0.242. The number of pyridine rings is 1. The standard InChI is InChI=1S/C22H18N4O3S/c1-13-11-19-23-24-22(26(19)18-12-14(29-2)7-8-15(13)18)30-10-9-25-20(27)16-5-3-4-6-17(16)21(25)28/h3-8,11-12H,9-10H2,1-2H3. The normalized spacial score (nSPS) is 13.5. The zero-order chi connectivity index (χ0) is 20.8. The minimum absolute atomic E-state index is 0.242. The van der Waals surface area contributed by atoms with Gasteiger partial charge in [0, 0.05) is 23.8 Å². The lowest BCUT2D eigenvalue weighted by Crippen LogP contribution is -2.31. The van der Waals surface area contributed by atoms with Gasteiger partial charge >= 0.3 is 0 Å². The number of rotatable bonds is 5. The number of benzene rings is 2. The van der Waals surface area contributed by atoms with Gasteiger partial charge in [0.05, 0.1) is 23.8 Å². The van der Waals surface area contributed by atoms with Gasteiger partial charge in [-0.1, -0.05) is 23.9 Å². The molecule has 0 unspecified atom stereocenters. The molecule has 0 radical (unpaired) electrons. The van der Waals surface area contributed by atoms with Crippen molar-refractivity contribution in [3.63, 3.8) is 0 Å². The van der Waals surface area contributed by atoms with E-state index in [-0.39, 0.29) is 11.8 Å². The molecular formula is C22H18N4O3S. The molecule has 0 spiro atoms. The van der Waals surface area contributed by atoms with Crippen LogP contribution < -0.4 is 4.74 Å². The lowest BCUT2D eigenvalue weighted by molar-refractivity contribution is 0.0664. The first-order valence-corrected chi connectivity index (χ1v) is 10.5. The summed E-state index contributed by atoms with van der Waals surface area (Å²) in [6, 6.07) is 14.8. The van der Waals surface area contributed by atoms with Crippen molar-refractivity contribution >= 4 is 40.1 Å². The molecule has 0 saturated heterocycles. The van der Waals surface area contributed by atoms with E-state index < -0.39 is 0 Å². The van der Waals surface area contributed by atoms with Crippen LogP contribution in [0.2, 0.25) is 0 Å². The summed E-state index contributed by atoms with van der Waals surface area (Å²) in [4.78, 5) is 26.4. The van der Waals surface area contributed by atoms with Crippen LogP contribution in [0.4, 0.5) is 0 Å². The lowest BCUT2D eigenvalue weighted by Gasteiger charge is -2.13. The molecule has 7 nitrogen and oxygen atoms in total. The molecule has 1 aliphatic heterocycles. The fraction of sp³-hybridized carbons (Fsp3) is 0.182. The third kappa shape index (κ3) is 2.83. The molecule has 2 amide bonds. The molecule has 2 aromatic carbocycles. The largest absolute Gasteiger partial charge is 0.497 e. The number of nitrogens with zero attached hydrogens (tertiary/aromatic N) is 4. The number of hydrogen-bond acceptors (Lipinski definition) is 6. The van der Waals surface area contributed by atoms with E-state index in [1.165, 1.54) is 16.7 Å². The van der Waals surface area contributed by atoms with Gasteiger partial charge in [0.25, 0.3) is 11.8 Å². The molecule has 0 atom stereocenters. The third-order valence-electron chi connectivity index (χ3n) is 5.30. The van der Waals surface area contributed by atoms with E-state index in [0.717, 1.165) is 27.9 Å². The van der Waals surface area contributed by atoms with Crippen molar-refractivity contribution in [2.24, 2.45) is 0 Å². The second-order valence-corrected chi connectivity index (χ2v) is 8.10. The number of thioether (sulfide) groups is 1. The van der Waals surface area contributed by atoms with Gasteiger partial charge in [0.15, 0.2) is 10.8 Å². The summed E-state index contributed by atoms with van der Waals surface area (Å²) in [6.45, 7) is 2.34. The van der Waals surface area contributed by atoms with Crippen molar-refractivity contribution in [3.8, 4) is 5.75 Å². The predicted molar refractivity (Wildman–Crippen MR) is 114 cm³/mol. The number of hydrogen-bond donors (Lipinski definition) is 0. The summed E-state index contributed by atoms with van der Waals surface area (Å²) in [5.74, 6) is 0.789. The summed E-state index contributed by atoms with van der Waals surface area (Å²) >= 11 is 1.46. The summed E-state index contributed by atoms with van der Waals surface area (Å²) < 4.78 is 7.37. The highest BCUT2D eigenvalue weighted by Gasteiger charge is 2.34. The van der Waals surface area contributed by atoms with Crippen LogP contribution in [0.15, 0.2) is 53.7 Å². The first-order valence-electron chi connectivity index (χ1n) is 9.49. The smallest absolute Gasteiger partial charge is 0.261 e. The van der Waals surface area contributed by atoms with Gasteiger partial charge in [-0.3, -0.25) is 18.9 Å². The molecule has 0 aliphatic carbocycles. The van der Waals surface area contributed by atoms with Gasteiger partial charge in [-0.2, -0.15) is 0 Å². The first-order chi connectivity index (χ1) is 14.6. The summed E-state index contributed by atoms with van der Waals surface area (Å²) in [7, 11) is 1.64. The van der Waals surface area contributed by atoms with Crippen LogP contribution in [0.25, 0.3) is 16.6 Å². The molecule has 5 rings (SSSR count). The minimum Gasteiger partial charge on any atom is -0.497 e. The van der Waals surface area contributed by atoms with Gasteiger partial charge in [0.2, 0.25) is 0 Å². The number of carbonyl (C=O) groups excluding carboxylic acids is 2. The molecule has 0 bridgehead atoms. The fourth-order valence-corrected chi connectivity index (χ4v) is 4.67. The molecule has 30 heavy (non-hydrogen) atoms. The monoisotopic (exact) mass is 418 g/mol. The zero-order valence-corrected chi connectivity index (χ0v) is 17.3. The van der Waals surface area contributed by atoms with E-state index in [4.69, 9.17) is 4.74 Å². The average Bonchev–Trinajstić information content (AvgIpc) is 3.28. The molecule has 3 heterocycles. The van der Waals surface area contributed by atoms with Crippen molar-refractivity contribution < 1.29 is 14.3 Å². The van der Waals surface area contributed by atoms with Crippen LogP contribution >= 0.6 is 11.8 Å². The van der Waals surface area contributed by atoms with Gasteiger partial charge in [-0.15, -0.1) is 10.2 Å². The van der Waals surface area contributed by atoms with Crippen molar-refractivity contribution in [3.05, 3.63) is 65.2 Å². The molecule has 8 heteroatoms. The second-order valence-electron chi connectivity index (χ2n) is 7.04. The Balaban J connectivity index is 1.42. The zero-order valence-electron chi connectivity index (χ0n) is 16.5. The molecule has 0 saturated carbocycles. The molecular weight excluding hydrogens is 400 g/mol. The van der Waals surface area contributed by atoms with Gasteiger partial charge in [0.1, 0.15) is 5.75 Å². The summed E-state index contributed by atoms with van der Waals surface area (Å²) in [6.07, 6.45) is 0. The van der Waals surface area contributed by atoms with Crippen LogP contribution in [-0.2, 0) is 0 Å². The van der Waals surface area contributed by atoms with E-state index in [1.54, 1.807) is 31.4 Å². The number of aromatic nitrogens is 3. The van der Waals surface area contributed by atoms with Crippen LogP contribution in [0.5, 0.6) is 5.75 Å². The van der Waals surface area contributed by atoms with Crippen LogP contribution in [0.3, 0.4) is 0 Å². The van der Waals surface area contributed by atoms with E-state index in [1.807, 2.05) is 35.6 Å². The van der Waals surface area contributed by atoms with Crippen LogP contribution in [0.1, 0.15) is 26.3 Å². The second kappa shape index (κ2) is 7.14. The maximum atomic E-state index is 12.5. The van der Waals surface area contributed by atoms with Gasteiger partial charge < -0.3 is 4.74 Å². The Morgan fingerprint density at radius 3 is 2.43 bits per heavy atom. The number of carbonyl (C=O) groups is 2. The number of amides is 2. The Morgan fingerprint density at radius 2 is 1.73 bits per heavy atom. The third-order valence-corrected chi connectivity index (χ3v) is 6.21. The summed E-state index contributed by atoms with van der Waals surface area (Å²) in [5.41, 5.74) is 3.74. The Morgan fingerprint density at radius 1 is 1.00 bits per heavy atom. The number of ether oxygens (including phenoxy) is 1. The predicted octanol–water partition coefficient (Wildman–Crippen LogP) is 3.59. The summed E-state index contributed by atoms with van der Waals surface area (Å²) in [5, 5.41) is 10.4. The highest BCUT2D eigenvalue weighted by atomic mass is 32.2. The van der Waals surface area contributed by atoms with E-state index in [2.05, 4.69) is 10.2 Å². The van der Waals surface area contributed by atoms with Crippen molar-refractivity contribution in [1.82, 2.24) is 19.5 Å². The lowest BCUT2D eigenvalue weighted by atomic mass is 10.1. The topological polar surface area (TPSA) is 76.8 Å². The van der Waals surface area contributed by atoms with E-state index in [9.17, 15) is 9.59 Å². The molecule has 1 aliphatic rings. The van der Waals surface area contributed by atoms with Gasteiger partial charge in [-0.05, 0) is 42.8 Å². The molecule has 2 aromatic heterocycles. The molecule has 0 N–H and O–H groups in total. The van der Waals surface area contributed by atoms with Crippen molar-refractivity contribution in [2.75, 3.05) is 19.4 Å². The fourth-order valence-electron chi connectivity index (χ4n) is 3.79. The number of methoxy groups -OCH3 is 1. The van der Waals surface area contributed by atoms with Crippen LogP contribution in [-0.4, -0.2) is 50.7 Å². The SMILES string of the molecule is COc1ccc2c(C)cc3nnc(SCCN4C(=O)c5ccccc5C4=O)n3c2c1. The van der Waals surface area contributed by atoms with Crippen molar-refractivity contribution in [2.45, 2.75) is 12.1 Å². The maximum absolute atomic E-state index is 12.5. The Labute approximate surface area is 176 Å². The van der Waals surface area contributed by atoms with Crippen molar-refractivity contribution in [1.29, 1.82) is 0 Å². The molecule has 0 fully saturated rings. The van der Waals surface area contributed by atoms with E-state index in [0.29, 0.717) is 28.6 Å². The van der Waals surface area contributed by atoms with Gasteiger partial charge in [-0.25, -0.2) is 0 Å². The Hall–Kier alpha value is -3.39. The Kier molecular flexibility index (Phi) is 4.43. The highest BCUT2D eigenvalue weighted by molar-refractivity contribution is 7.99.